The fourth-order valence-corrected chi connectivity index (χ4v) is 4.56. The summed E-state index contributed by atoms with van der Waals surface area (Å²) in [6.45, 7) is 0. The van der Waals surface area contributed by atoms with E-state index in [1.807, 2.05) is 42.5 Å². The topological polar surface area (TPSA) is 38.2 Å². The number of fused-ring (bicyclic) bond motifs is 3. The molecule has 0 spiro atoms. The Hall–Kier alpha value is -3.70. The van der Waals surface area contributed by atoms with Crippen molar-refractivity contribution >= 4 is 38.7 Å². The summed E-state index contributed by atoms with van der Waals surface area (Å²) in [6.07, 6.45) is 1.78. The maximum atomic E-state index is 6.10. The summed E-state index contributed by atoms with van der Waals surface area (Å²) in [7, 11) is 0. The Morgan fingerprint density at radius 1 is 0.724 bits per heavy atom. The van der Waals surface area contributed by atoms with Gasteiger partial charge in [-0.15, -0.1) is 11.3 Å². The van der Waals surface area contributed by atoms with Gasteiger partial charge in [-0.1, -0.05) is 24.3 Å². The minimum absolute atomic E-state index is 0.799. The Balaban J connectivity index is 1.44. The first-order valence-corrected chi connectivity index (χ1v) is 10.2. The zero-order valence-electron chi connectivity index (χ0n) is 15.3. The lowest BCUT2D eigenvalue weighted by atomic mass is 10.1. The van der Waals surface area contributed by atoms with Crippen LogP contribution < -0.4 is 9.64 Å². The van der Waals surface area contributed by atoms with Crippen LogP contribution in [0.5, 0.6) is 11.5 Å². The van der Waals surface area contributed by atoms with Gasteiger partial charge in [0.1, 0.15) is 5.01 Å². The minimum atomic E-state index is 0.799. The van der Waals surface area contributed by atoms with E-state index in [4.69, 9.17) is 4.74 Å². The molecule has 5 aromatic rings. The van der Waals surface area contributed by atoms with Crippen LogP contribution in [0.2, 0.25) is 0 Å². The van der Waals surface area contributed by atoms with Gasteiger partial charge in [0.25, 0.3) is 0 Å². The quantitative estimate of drug-likeness (QED) is 0.319. The monoisotopic (exact) mass is 393 g/mol. The van der Waals surface area contributed by atoms with Crippen LogP contribution in [0.1, 0.15) is 0 Å². The lowest BCUT2D eigenvalue weighted by Crippen LogP contribution is -2.15. The SMILES string of the molecule is c1ccc2c(c1)Oc1ccccc1N2c1ccc(-c2nc3ncccc3s2)cc1. The lowest BCUT2D eigenvalue weighted by Gasteiger charge is -2.32. The van der Waals surface area contributed by atoms with E-state index in [0.717, 1.165) is 49.5 Å². The van der Waals surface area contributed by atoms with Gasteiger partial charge in [0.05, 0.1) is 16.1 Å². The first kappa shape index (κ1) is 16.3. The number of nitrogens with zero attached hydrogens (tertiary/aromatic N) is 3. The second kappa shape index (κ2) is 6.43. The Labute approximate surface area is 171 Å². The van der Waals surface area contributed by atoms with E-state index in [2.05, 4.69) is 57.3 Å². The third-order valence-corrected chi connectivity index (χ3v) is 6.03. The number of anilines is 3. The molecule has 0 unspecified atom stereocenters. The van der Waals surface area contributed by atoms with Gasteiger partial charge in [0, 0.05) is 17.4 Å². The molecule has 0 saturated carbocycles. The molecule has 0 fully saturated rings. The van der Waals surface area contributed by atoms with E-state index >= 15 is 0 Å². The molecule has 0 aliphatic carbocycles. The number of para-hydroxylation sites is 4. The Morgan fingerprint density at radius 3 is 2.10 bits per heavy atom. The highest BCUT2D eigenvalue weighted by Gasteiger charge is 2.25. The maximum Gasteiger partial charge on any atom is 0.170 e. The van der Waals surface area contributed by atoms with Crippen molar-refractivity contribution in [3.05, 3.63) is 91.1 Å². The highest BCUT2D eigenvalue weighted by Crippen LogP contribution is 2.50. The first-order valence-electron chi connectivity index (χ1n) is 9.35. The third-order valence-electron chi connectivity index (χ3n) is 4.97. The Kier molecular flexibility index (Phi) is 3.61. The number of aromatic nitrogens is 2. The number of hydrogen-bond acceptors (Lipinski definition) is 5. The van der Waals surface area contributed by atoms with Crippen LogP contribution >= 0.6 is 11.3 Å². The van der Waals surface area contributed by atoms with Crippen LogP contribution in [0.4, 0.5) is 17.1 Å². The van der Waals surface area contributed by atoms with Crippen LogP contribution in [0.15, 0.2) is 91.1 Å². The van der Waals surface area contributed by atoms with Gasteiger partial charge in [-0.05, 0) is 60.7 Å². The molecule has 5 heteroatoms. The molecule has 0 radical (unpaired) electrons. The molecule has 138 valence electrons. The van der Waals surface area contributed by atoms with Crippen molar-refractivity contribution in [1.29, 1.82) is 0 Å². The van der Waals surface area contributed by atoms with E-state index in [9.17, 15) is 0 Å². The molecule has 3 aromatic carbocycles. The lowest BCUT2D eigenvalue weighted by molar-refractivity contribution is 0.477. The second-order valence-electron chi connectivity index (χ2n) is 6.76. The molecule has 6 rings (SSSR count). The van der Waals surface area contributed by atoms with Crippen LogP contribution in [0.3, 0.4) is 0 Å². The minimum Gasteiger partial charge on any atom is -0.453 e. The number of rotatable bonds is 2. The first-order chi connectivity index (χ1) is 14.4. The number of pyridine rings is 1. The van der Waals surface area contributed by atoms with Crippen LogP contribution in [0.25, 0.3) is 20.9 Å². The molecule has 0 bridgehead atoms. The fourth-order valence-electron chi connectivity index (χ4n) is 3.63. The Morgan fingerprint density at radius 2 is 1.41 bits per heavy atom. The molecule has 3 heterocycles. The molecule has 0 atom stereocenters. The predicted octanol–water partition coefficient (Wildman–Crippen LogP) is 6.93. The largest absolute Gasteiger partial charge is 0.453 e. The fraction of sp³-hybridized carbons (Fsp3) is 0. The van der Waals surface area contributed by atoms with E-state index in [1.165, 1.54) is 0 Å². The molecular formula is C24H15N3OS. The highest BCUT2D eigenvalue weighted by atomic mass is 32.1. The van der Waals surface area contributed by atoms with E-state index < -0.39 is 0 Å². The average molecular weight is 393 g/mol. The van der Waals surface area contributed by atoms with E-state index in [0.29, 0.717) is 0 Å². The van der Waals surface area contributed by atoms with Crippen molar-refractivity contribution in [2.24, 2.45) is 0 Å². The number of ether oxygens (including phenoxy) is 1. The van der Waals surface area contributed by atoms with Crippen LogP contribution in [-0.4, -0.2) is 9.97 Å². The van der Waals surface area contributed by atoms with Gasteiger partial charge < -0.3 is 9.64 Å². The molecule has 2 aromatic heterocycles. The summed E-state index contributed by atoms with van der Waals surface area (Å²) < 4.78 is 7.20. The van der Waals surface area contributed by atoms with Gasteiger partial charge in [-0.3, -0.25) is 0 Å². The maximum absolute atomic E-state index is 6.10. The summed E-state index contributed by atoms with van der Waals surface area (Å²) in [5.74, 6) is 1.71. The molecule has 1 aliphatic heterocycles. The number of hydrogen-bond donors (Lipinski definition) is 0. The molecule has 29 heavy (non-hydrogen) atoms. The van der Waals surface area contributed by atoms with Gasteiger partial charge >= 0.3 is 0 Å². The van der Waals surface area contributed by atoms with Crippen molar-refractivity contribution in [3.8, 4) is 22.1 Å². The van der Waals surface area contributed by atoms with Crippen molar-refractivity contribution in [2.45, 2.75) is 0 Å². The Bertz CT molecular complexity index is 1270. The average Bonchev–Trinajstić information content (AvgIpc) is 3.22. The summed E-state index contributed by atoms with van der Waals surface area (Å²) in [5.41, 5.74) is 5.03. The van der Waals surface area contributed by atoms with Crippen molar-refractivity contribution in [3.63, 3.8) is 0 Å². The van der Waals surface area contributed by atoms with Crippen LogP contribution in [-0.2, 0) is 0 Å². The van der Waals surface area contributed by atoms with E-state index in [-0.39, 0.29) is 0 Å². The van der Waals surface area contributed by atoms with Crippen LogP contribution in [0, 0.1) is 0 Å². The summed E-state index contributed by atoms with van der Waals surface area (Å²) in [4.78, 5) is 11.3. The smallest absolute Gasteiger partial charge is 0.170 e. The molecule has 4 nitrogen and oxygen atoms in total. The van der Waals surface area contributed by atoms with Crippen molar-refractivity contribution < 1.29 is 4.74 Å². The normalized spacial score (nSPS) is 12.3. The molecule has 0 saturated heterocycles. The summed E-state index contributed by atoms with van der Waals surface area (Å²) in [5, 5.41) is 0.980. The highest BCUT2D eigenvalue weighted by molar-refractivity contribution is 7.21. The third kappa shape index (κ3) is 2.67. The molecule has 0 amide bonds. The standard InChI is InChI=1S/C24H15N3OS/c1-3-8-20-18(6-1)27(19-7-2-4-9-21(19)28-20)17-13-11-16(12-14-17)24-26-23-22(29-24)10-5-15-25-23/h1-15H. The number of benzene rings is 3. The van der Waals surface area contributed by atoms with Gasteiger partial charge in [0.15, 0.2) is 17.1 Å². The summed E-state index contributed by atoms with van der Waals surface area (Å²) in [6, 6.07) is 28.7. The zero-order valence-corrected chi connectivity index (χ0v) is 16.1. The second-order valence-corrected chi connectivity index (χ2v) is 7.79. The molecule has 0 N–H and O–H groups in total. The predicted molar refractivity (Wildman–Crippen MR) is 118 cm³/mol. The van der Waals surface area contributed by atoms with Gasteiger partial charge in [-0.2, -0.15) is 0 Å². The van der Waals surface area contributed by atoms with Crippen molar-refractivity contribution in [2.75, 3.05) is 4.90 Å². The molecular weight excluding hydrogens is 378 g/mol. The van der Waals surface area contributed by atoms with Crippen molar-refractivity contribution in [1.82, 2.24) is 9.97 Å². The number of thiazole rings is 1. The summed E-state index contributed by atoms with van der Waals surface area (Å²) >= 11 is 1.66. The van der Waals surface area contributed by atoms with Gasteiger partial charge in [-0.25, -0.2) is 9.97 Å². The van der Waals surface area contributed by atoms with Gasteiger partial charge in [0.2, 0.25) is 0 Å². The van der Waals surface area contributed by atoms with E-state index in [1.54, 1.807) is 17.5 Å². The molecule has 1 aliphatic rings. The zero-order chi connectivity index (χ0) is 19.2.